The first-order valence-electron chi connectivity index (χ1n) is 8.76. The van der Waals surface area contributed by atoms with E-state index in [4.69, 9.17) is 9.47 Å². The summed E-state index contributed by atoms with van der Waals surface area (Å²) >= 11 is 0. The number of phenols is 1. The number of rotatable bonds is 6. The molecule has 1 aliphatic rings. The van der Waals surface area contributed by atoms with Crippen LogP contribution >= 0.6 is 0 Å². The minimum atomic E-state index is 0.184. The molecule has 0 saturated carbocycles. The number of methoxy groups -OCH3 is 1. The smallest absolute Gasteiger partial charge is 0.160 e. The summed E-state index contributed by atoms with van der Waals surface area (Å²) in [7, 11) is 1.58. The van der Waals surface area contributed by atoms with Crippen molar-refractivity contribution < 1.29 is 14.6 Å². The van der Waals surface area contributed by atoms with Gasteiger partial charge in [0.05, 0.1) is 19.4 Å². The number of hydrogen-bond donors (Lipinski definition) is 1. The van der Waals surface area contributed by atoms with Crippen molar-refractivity contribution in [2.24, 2.45) is 0 Å². The lowest BCUT2D eigenvalue weighted by atomic mass is 10.1. The van der Waals surface area contributed by atoms with Crippen LogP contribution in [-0.2, 0) is 6.54 Å². The van der Waals surface area contributed by atoms with Gasteiger partial charge in [0.15, 0.2) is 11.5 Å². The number of aromatic hydroxyl groups is 1. The molecule has 3 rings (SSSR count). The van der Waals surface area contributed by atoms with E-state index in [0.717, 1.165) is 44.0 Å². The third kappa shape index (κ3) is 4.17. The highest BCUT2D eigenvalue weighted by molar-refractivity contribution is 5.58. The summed E-state index contributed by atoms with van der Waals surface area (Å²) in [5.41, 5.74) is 2.33. The van der Waals surface area contributed by atoms with Crippen molar-refractivity contribution in [2.75, 3.05) is 44.8 Å². The van der Waals surface area contributed by atoms with E-state index in [1.807, 2.05) is 31.2 Å². The Labute approximate surface area is 149 Å². The highest BCUT2D eigenvalue weighted by Gasteiger charge is 2.20. The molecule has 0 atom stereocenters. The van der Waals surface area contributed by atoms with E-state index in [2.05, 4.69) is 21.9 Å². The van der Waals surface area contributed by atoms with Crippen molar-refractivity contribution in [3.8, 4) is 17.2 Å². The molecule has 5 heteroatoms. The molecule has 25 heavy (non-hydrogen) atoms. The fraction of sp³-hybridized carbons (Fsp3) is 0.400. The van der Waals surface area contributed by atoms with Crippen molar-refractivity contribution in [3.63, 3.8) is 0 Å². The standard InChI is InChI=1S/C20H26N2O3/c1-3-25-19-7-5-4-6-17(19)22-12-10-21(11-13-22)15-16-8-9-18(23)20(14-16)24-2/h4-9,14,23H,3,10-13,15H2,1-2H3. The molecule has 0 amide bonds. The van der Waals surface area contributed by atoms with E-state index in [9.17, 15) is 5.11 Å². The lowest BCUT2D eigenvalue weighted by Gasteiger charge is -2.36. The Morgan fingerprint density at radius 1 is 1.00 bits per heavy atom. The topological polar surface area (TPSA) is 45.2 Å². The summed E-state index contributed by atoms with van der Waals surface area (Å²) in [5, 5.41) is 9.71. The zero-order valence-corrected chi connectivity index (χ0v) is 14.9. The molecule has 1 fully saturated rings. The first kappa shape index (κ1) is 17.4. The molecule has 2 aromatic rings. The summed E-state index contributed by atoms with van der Waals surface area (Å²) in [4.78, 5) is 4.81. The van der Waals surface area contributed by atoms with Gasteiger partial charge in [0, 0.05) is 32.7 Å². The first-order chi connectivity index (χ1) is 12.2. The SMILES string of the molecule is CCOc1ccccc1N1CCN(Cc2ccc(O)c(OC)c2)CC1. The fourth-order valence-electron chi connectivity index (χ4n) is 3.22. The average Bonchev–Trinajstić information content (AvgIpc) is 2.65. The van der Waals surface area contributed by atoms with Crippen molar-refractivity contribution in [1.29, 1.82) is 0 Å². The molecule has 0 spiro atoms. The number of ether oxygens (including phenoxy) is 2. The normalized spacial score (nSPS) is 15.2. The van der Waals surface area contributed by atoms with Gasteiger partial charge in [0.1, 0.15) is 5.75 Å². The predicted molar refractivity (Wildman–Crippen MR) is 99.8 cm³/mol. The predicted octanol–water partition coefficient (Wildman–Crippen LogP) is 3.12. The van der Waals surface area contributed by atoms with Gasteiger partial charge in [-0.05, 0) is 36.8 Å². The van der Waals surface area contributed by atoms with Gasteiger partial charge in [-0.1, -0.05) is 18.2 Å². The van der Waals surface area contributed by atoms with Crippen LogP contribution in [0.1, 0.15) is 12.5 Å². The largest absolute Gasteiger partial charge is 0.504 e. The lowest BCUT2D eigenvalue weighted by molar-refractivity contribution is 0.248. The van der Waals surface area contributed by atoms with Gasteiger partial charge in [0.25, 0.3) is 0 Å². The van der Waals surface area contributed by atoms with Gasteiger partial charge in [-0.25, -0.2) is 0 Å². The van der Waals surface area contributed by atoms with Crippen molar-refractivity contribution in [2.45, 2.75) is 13.5 Å². The quantitative estimate of drug-likeness (QED) is 0.874. The Balaban J connectivity index is 1.61. The van der Waals surface area contributed by atoms with Gasteiger partial charge in [-0.2, -0.15) is 0 Å². The molecular weight excluding hydrogens is 316 g/mol. The van der Waals surface area contributed by atoms with Crippen LogP contribution < -0.4 is 14.4 Å². The Kier molecular flexibility index (Phi) is 5.66. The van der Waals surface area contributed by atoms with Crippen molar-refractivity contribution in [3.05, 3.63) is 48.0 Å². The van der Waals surface area contributed by atoms with E-state index in [1.54, 1.807) is 13.2 Å². The summed E-state index contributed by atoms with van der Waals surface area (Å²) in [6.07, 6.45) is 0. The molecule has 134 valence electrons. The second-order valence-electron chi connectivity index (χ2n) is 6.17. The van der Waals surface area contributed by atoms with Crippen LogP contribution in [0.4, 0.5) is 5.69 Å². The molecule has 1 saturated heterocycles. The van der Waals surface area contributed by atoms with Crippen molar-refractivity contribution >= 4 is 5.69 Å². The van der Waals surface area contributed by atoms with Gasteiger partial charge in [-0.15, -0.1) is 0 Å². The molecule has 0 aliphatic carbocycles. The molecule has 5 nitrogen and oxygen atoms in total. The van der Waals surface area contributed by atoms with Crippen LogP contribution in [0, 0.1) is 0 Å². The highest BCUT2D eigenvalue weighted by atomic mass is 16.5. The Morgan fingerprint density at radius 2 is 1.76 bits per heavy atom. The minimum absolute atomic E-state index is 0.184. The maximum Gasteiger partial charge on any atom is 0.160 e. The molecule has 0 aromatic heterocycles. The molecule has 2 aromatic carbocycles. The monoisotopic (exact) mass is 342 g/mol. The number of para-hydroxylation sites is 2. The summed E-state index contributed by atoms with van der Waals surface area (Å²) in [6.45, 7) is 7.48. The van der Waals surface area contributed by atoms with Gasteiger partial charge in [-0.3, -0.25) is 4.90 Å². The second kappa shape index (κ2) is 8.12. The summed E-state index contributed by atoms with van der Waals surface area (Å²) in [6, 6.07) is 13.8. The van der Waals surface area contributed by atoms with Crippen LogP contribution in [0.15, 0.2) is 42.5 Å². The Morgan fingerprint density at radius 3 is 2.48 bits per heavy atom. The van der Waals surface area contributed by atoms with E-state index in [-0.39, 0.29) is 5.75 Å². The summed E-state index contributed by atoms with van der Waals surface area (Å²) in [5.74, 6) is 1.67. The van der Waals surface area contributed by atoms with E-state index in [0.29, 0.717) is 12.4 Å². The minimum Gasteiger partial charge on any atom is -0.504 e. The molecular formula is C20H26N2O3. The molecule has 1 heterocycles. The molecule has 0 unspecified atom stereocenters. The van der Waals surface area contributed by atoms with Crippen LogP contribution in [0.25, 0.3) is 0 Å². The van der Waals surface area contributed by atoms with Crippen LogP contribution in [0.3, 0.4) is 0 Å². The fourth-order valence-corrected chi connectivity index (χ4v) is 3.22. The third-order valence-electron chi connectivity index (χ3n) is 4.53. The number of anilines is 1. The van der Waals surface area contributed by atoms with Gasteiger partial charge >= 0.3 is 0 Å². The number of nitrogens with zero attached hydrogens (tertiary/aromatic N) is 2. The first-order valence-corrected chi connectivity index (χ1v) is 8.76. The number of benzene rings is 2. The van der Waals surface area contributed by atoms with Crippen LogP contribution in [0.2, 0.25) is 0 Å². The maximum absolute atomic E-state index is 9.71. The zero-order valence-electron chi connectivity index (χ0n) is 14.9. The Hall–Kier alpha value is -2.40. The zero-order chi connectivity index (χ0) is 17.6. The Bertz CT molecular complexity index is 697. The highest BCUT2D eigenvalue weighted by Crippen LogP contribution is 2.30. The van der Waals surface area contributed by atoms with Gasteiger partial charge < -0.3 is 19.5 Å². The third-order valence-corrected chi connectivity index (χ3v) is 4.53. The van der Waals surface area contributed by atoms with Crippen LogP contribution in [0.5, 0.6) is 17.2 Å². The number of piperazine rings is 1. The van der Waals surface area contributed by atoms with Crippen LogP contribution in [-0.4, -0.2) is 49.9 Å². The van der Waals surface area contributed by atoms with Crippen molar-refractivity contribution in [1.82, 2.24) is 4.90 Å². The lowest BCUT2D eigenvalue weighted by Crippen LogP contribution is -2.46. The van der Waals surface area contributed by atoms with Gasteiger partial charge in [0.2, 0.25) is 0 Å². The van der Waals surface area contributed by atoms with E-state index < -0.39 is 0 Å². The average molecular weight is 342 g/mol. The molecule has 0 bridgehead atoms. The molecule has 1 N–H and O–H groups in total. The second-order valence-corrected chi connectivity index (χ2v) is 6.17. The van der Waals surface area contributed by atoms with E-state index >= 15 is 0 Å². The molecule has 0 radical (unpaired) electrons. The molecule has 1 aliphatic heterocycles. The number of hydrogen-bond acceptors (Lipinski definition) is 5. The maximum atomic E-state index is 9.71. The number of phenolic OH excluding ortho intramolecular Hbond substituents is 1. The summed E-state index contributed by atoms with van der Waals surface area (Å²) < 4.78 is 11.0. The van der Waals surface area contributed by atoms with E-state index in [1.165, 1.54) is 5.69 Å².